The molecule has 0 aromatic heterocycles. The normalized spacial score (nSPS) is 13.8. The van der Waals surface area contributed by atoms with Crippen LogP contribution >= 0.6 is 31.9 Å². The van der Waals surface area contributed by atoms with Gasteiger partial charge in [0, 0.05) is 0 Å². The maximum Gasteiger partial charge on any atom is 0.291 e. The standard InChI is InChI=1S/C3H6Br2O3S/c1-2-3(4,5)9(6,7)8/h2H2,1H3,(H,6,7,8). The van der Waals surface area contributed by atoms with Gasteiger partial charge in [0.1, 0.15) is 0 Å². The van der Waals surface area contributed by atoms with E-state index in [1.165, 1.54) is 0 Å². The van der Waals surface area contributed by atoms with Crippen molar-refractivity contribution in [2.45, 2.75) is 15.9 Å². The molecule has 56 valence electrons. The summed E-state index contributed by atoms with van der Waals surface area (Å²) in [5, 5.41) is 0. The van der Waals surface area contributed by atoms with Crippen LogP contribution in [0.4, 0.5) is 0 Å². The van der Waals surface area contributed by atoms with Gasteiger partial charge in [-0.3, -0.25) is 4.55 Å². The van der Waals surface area contributed by atoms with Gasteiger partial charge >= 0.3 is 0 Å². The summed E-state index contributed by atoms with van der Waals surface area (Å²) < 4.78 is 27.7. The second-order valence-corrected chi connectivity index (χ2v) is 7.93. The van der Waals surface area contributed by atoms with E-state index in [1.807, 2.05) is 0 Å². The van der Waals surface area contributed by atoms with E-state index in [9.17, 15) is 8.42 Å². The summed E-state index contributed by atoms with van der Waals surface area (Å²) in [4.78, 5) is 0. The molecule has 6 heteroatoms. The first-order valence-corrected chi connectivity index (χ1v) is 5.18. The minimum atomic E-state index is -4.02. The topological polar surface area (TPSA) is 54.4 Å². The van der Waals surface area contributed by atoms with Gasteiger partial charge in [-0.2, -0.15) is 8.42 Å². The Balaban J connectivity index is 4.56. The van der Waals surface area contributed by atoms with Gasteiger partial charge in [-0.05, 0) is 6.42 Å². The second kappa shape index (κ2) is 2.86. The van der Waals surface area contributed by atoms with Crippen molar-refractivity contribution in [3.63, 3.8) is 0 Å². The summed E-state index contributed by atoms with van der Waals surface area (Å²) in [6, 6.07) is 0. The molecule has 0 aliphatic carbocycles. The Hall–Kier alpha value is 0.870. The Morgan fingerprint density at radius 1 is 1.56 bits per heavy atom. The van der Waals surface area contributed by atoms with Crippen LogP contribution in [0.15, 0.2) is 0 Å². The lowest BCUT2D eigenvalue weighted by atomic mass is 10.6. The molecule has 0 amide bonds. The van der Waals surface area contributed by atoms with E-state index in [4.69, 9.17) is 4.55 Å². The molecule has 0 saturated carbocycles. The van der Waals surface area contributed by atoms with Gasteiger partial charge < -0.3 is 0 Å². The van der Waals surface area contributed by atoms with E-state index >= 15 is 0 Å². The molecule has 0 heterocycles. The Morgan fingerprint density at radius 3 is 1.89 bits per heavy atom. The summed E-state index contributed by atoms with van der Waals surface area (Å²) in [5.41, 5.74) is 0. The Kier molecular flexibility index (Phi) is 3.13. The summed E-state index contributed by atoms with van der Waals surface area (Å²) in [6.45, 7) is 1.62. The highest BCUT2D eigenvalue weighted by atomic mass is 79.9. The first-order chi connectivity index (χ1) is 3.81. The third-order valence-corrected chi connectivity index (χ3v) is 5.41. The van der Waals surface area contributed by atoms with Gasteiger partial charge in [-0.1, -0.05) is 38.8 Å². The highest BCUT2D eigenvalue weighted by Crippen LogP contribution is 2.34. The fourth-order valence-electron chi connectivity index (χ4n) is 0.182. The van der Waals surface area contributed by atoms with Crippen molar-refractivity contribution in [3.8, 4) is 0 Å². The maximum atomic E-state index is 10.3. The van der Waals surface area contributed by atoms with Crippen molar-refractivity contribution in [3.05, 3.63) is 0 Å². The fourth-order valence-corrected chi connectivity index (χ4v) is 0.547. The highest BCUT2D eigenvalue weighted by molar-refractivity contribution is 9.27. The Morgan fingerprint density at radius 2 is 1.89 bits per heavy atom. The number of rotatable bonds is 2. The molecule has 0 unspecified atom stereocenters. The minimum absolute atomic E-state index is 0.256. The zero-order valence-corrected chi connectivity index (χ0v) is 8.62. The van der Waals surface area contributed by atoms with Gasteiger partial charge in [-0.25, -0.2) is 0 Å². The highest BCUT2D eigenvalue weighted by Gasteiger charge is 2.34. The predicted molar refractivity (Wildman–Crippen MR) is 42.4 cm³/mol. The van der Waals surface area contributed by atoms with Crippen LogP contribution < -0.4 is 0 Å². The third kappa shape index (κ3) is 2.53. The lowest BCUT2D eigenvalue weighted by molar-refractivity contribution is 0.476. The van der Waals surface area contributed by atoms with Gasteiger partial charge in [0.05, 0.1) is 0 Å². The zero-order valence-electron chi connectivity index (χ0n) is 4.63. The number of hydrogen-bond acceptors (Lipinski definition) is 2. The molecule has 0 saturated heterocycles. The van der Waals surface area contributed by atoms with Crippen LogP contribution in [-0.4, -0.2) is 15.5 Å². The smallest absolute Gasteiger partial charge is 0.284 e. The van der Waals surface area contributed by atoms with Crippen molar-refractivity contribution in [2.75, 3.05) is 0 Å². The van der Waals surface area contributed by atoms with Gasteiger partial charge in [-0.15, -0.1) is 0 Å². The van der Waals surface area contributed by atoms with Crippen molar-refractivity contribution < 1.29 is 13.0 Å². The van der Waals surface area contributed by atoms with Crippen LogP contribution in [0.1, 0.15) is 13.3 Å². The fraction of sp³-hybridized carbons (Fsp3) is 1.00. The van der Waals surface area contributed by atoms with E-state index in [-0.39, 0.29) is 6.42 Å². The van der Waals surface area contributed by atoms with Crippen LogP contribution in [0.5, 0.6) is 0 Å². The first-order valence-electron chi connectivity index (χ1n) is 2.16. The van der Waals surface area contributed by atoms with E-state index in [0.717, 1.165) is 0 Å². The average Bonchev–Trinajstić information content (AvgIpc) is 1.64. The molecule has 9 heavy (non-hydrogen) atoms. The van der Waals surface area contributed by atoms with Crippen LogP contribution in [0.2, 0.25) is 0 Å². The van der Waals surface area contributed by atoms with Crippen LogP contribution in [0.3, 0.4) is 0 Å². The van der Waals surface area contributed by atoms with E-state index < -0.39 is 12.7 Å². The molecule has 0 bridgehead atoms. The van der Waals surface area contributed by atoms with Crippen LogP contribution in [0.25, 0.3) is 0 Å². The minimum Gasteiger partial charge on any atom is -0.284 e. The molecular formula is C3H6Br2O3S. The molecule has 0 atom stereocenters. The molecule has 0 fully saturated rings. The zero-order chi connectivity index (χ0) is 7.71. The summed E-state index contributed by atoms with van der Waals surface area (Å²) in [6.07, 6.45) is 0.256. The molecular weight excluding hydrogens is 276 g/mol. The van der Waals surface area contributed by atoms with E-state index in [1.54, 1.807) is 6.92 Å². The maximum absolute atomic E-state index is 10.3. The number of hydrogen-bond donors (Lipinski definition) is 1. The van der Waals surface area contributed by atoms with Crippen molar-refractivity contribution in [2.24, 2.45) is 0 Å². The van der Waals surface area contributed by atoms with Crippen molar-refractivity contribution in [1.29, 1.82) is 0 Å². The van der Waals surface area contributed by atoms with Gasteiger partial charge in [0.15, 0.2) is 0 Å². The largest absolute Gasteiger partial charge is 0.291 e. The molecule has 0 aromatic rings. The van der Waals surface area contributed by atoms with E-state index in [2.05, 4.69) is 31.9 Å². The molecule has 0 aromatic carbocycles. The molecule has 0 radical (unpaired) electrons. The number of alkyl halides is 2. The molecule has 3 nitrogen and oxygen atoms in total. The first kappa shape index (κ1) is 9.87. The van der Waals surface area contributed by atoms with E-state index in [0.29, 0.717) is 0 Å². The van der Waals surface area contributed by atoms with Gasteiger partial charge in [0.2, 0.25) is 2.57 Å². The SMILES string of the molecule is CCC(Br)(Br)S(=O)(=O)O. The summed E-state index contributed by atoms with van der Waals surface area (Å²) >= 11 is 5.56. The molecule has 0 rings (SSSR count). The summed E-state index contributed by atoms with van der Waals surface area (Å²) in [5.74, 6) is 0. The second-order valence-electron chi connectivity index (χ2n) is 1.47. The number of halogens is 2. The Bertz CT molecular complexity index is 183. The van der Waals surface area contributed by atoms with Crippen molar-refractivity contribution >= 4 is 42.0 Å². The molecule has 0 aliphatic heterocycles. The summed E-state index contributed by atoms with van der Waals surface area (Å²) in [7, 11) is -4.02. The lowest BCUT2D eigenvalue weighted by Gasteiger charge is -2.12. The monoisotopic (exact) mass is 280 g/mol. The van der Waals surface area contributed by atoms with Gasteiger partial charge in [0.25, 0.3) is 10.1 Å². The Labute approximate surface area is 70.8 Å². The van der Waals surface area contributed by atoms with Crippen LogP contribution in [0, 0.1) is 0 Å². The lowest BCUT2D eigenvalue weighted by Crippen LogP contribution is -2.22. The van der Waals surface area contributed by atoms with Crippen molar-refractivity contribution in [1.82, 2.24) is 0 Å². The quantitative estimate of drug-likeness (QED) is 0.620. The average molecular weight is 282 g/mol. The third-order valence-electron chi connectivity index (χ3n) is 0.789. The molecule has 1 N–H and O–H groups in total. The predicted octanol–water partition coefficient (Wildman–Crippen LogP) is 1.73. The molecule has 0 aliphatic rings. The van der Waals surface area contributed by atoms with Crippen LogP contribution in [-0.2, 0) is 10.1 Å². The molecule has 0 spiro atoms.